The molecule has 0 aliphatic heterocycles. The summed E-state index contributed by atoms with van der Waals surface area (Å²) in [6, 6.07) is 48.9. The van der Waals surface area contributed by atoms with Gasteiger partial charge in [0.2, 0.25) is 0 Å². The third kappa shape index (κ3) is 3.78. The van der Waals surface area contributed by atoms with Gasteiger partial charge in [-0.2, -0.15) is 0 Å². The van der Waals surface area contributed by atoms with Crippen LogP contribution < -0.4 is 0 Å². The predicted octanol–water partition coefficient (Wildman–Crippen LogP) is 10.8. The molecule has 7 aromatic carbocycles. The zero-order valence-electron chi connectivity index (χ0n) is 21.7. The molecule has 0 saturated heterocycles. The third-order valence-electron chi connectivity index (χ3n) is 7.92. The van der Waals surface area contributed by atoms with E-state index in [1.165, 1.54) is 76.8 Å². The second-order valence-corrected chi connectivity index (χ2v) is 10.3. The number of rotatable bonds is 3. The van der Waals surface area contributed by atoms with E-state index in [-0.39, 0.29) is 0 Å². The van der Waals surface area contributed by atoms with Gasteiger partial charge in [0.05, 0.1) is 0 Å². The fourth-order valence-corrected chi connectivity index (χ4v) is 5.90. The molecule has 0 saturated carbocycles. The molecule has 0 radical (unpaired) electrons. The third-order valence-corrected chi connectivity index (χ3v) is 7.92. The standard InChI is InChI=1S/C38H28/c1-25-8-3-5-11-34(25)38-26(2)14-15-33-24-31(20-21-37(33)38)28-16-17-30-23-32(19-18-29(30)22-28)36-13-7-10-27-9-4-6-12-35(27)36/h3-24H,1-2H3. The van der Waals surface area contributed by atoms with Crippen LogP contribution in [-0.2, 0) is 0 Å². The molecule has 0 amide bonds. The van der Waals surface area contributed by atoms with Crippen LogP contribution in [0.25, 0.3) is 65.7 Å². The summed E-state index contributed by atoms with van der Waals surface area (Å²) in [6.07, 6.45) is 0. The summed E-state index contributed by atoms with van der Waals surface area (Å²) in [4.78, 5) is 0. The summed E-state index contributed by atoms with van der Waals surface area (Å²) in [5, 5.41) is 7.68. The van der Waals surface area contributed by atoms with Gasteiger partial charge in [-0.15, -0.1) is 0 Å². The van der Waals surface area contributed by atoms with Gasteiger partial charge in [0.1, 0.15) is 0 Å². The molecule has 0 spiro atoms. The Morgan fingerprint density at radius 1 is 0.342 bits per heavy atom. The quantitative estimate of drug-likeness (QED) is 0.234. The highest BCUT2D eigenvalue weighted by molar-refractivity contribution is 6.02. The smallest absolute Gasteiger partial charge is 0.00735 e. The van der Waals surface area contributed by atoms with Crippen molar-refractivity contribution in [2.45, 2.75) is 13.8 Å². The molecule has 7 rings (SSSR count). The van der Waals surface area contributed by atoms with E-state index in [2.05, 4.69) is 147 Å². The SMILES string of the molecule is Cc1ccccc1-c1c(C)ccc2cc(-c3ccc4cc(-c5cccc6ccccc56)ccc4c3)ccc12. The lowest BCUT2D eigenvalue weighted by Crippen LogP contribution is -1.90. The molecular weight excluding hydrogens is 456 g/mol. The lowest BCUT2D eigenvalue weighted by atomic mass is 9.90. The Morgan fingerprint density at radius 2 is 0.947 bits per heavy atom. The van der Waals surface area contributed by atoms with E-state index < -0.39 is 0 Å². The lowest BCUT2D eigenvalue weighted by Gasteiger charge is -2.14. The van der Waals surface area contributed by atoms with Crippen molar-refractivity contribution < 1.29 is 0 Å². The Labute approximate surface area is 223 Å². The molecule has 0 atom stereocenters. The van der Waals surface area contributed by atoms with E-state index in [0.29, 0.717) is 0 Å². The molecule has 180 valence electrons. The topological polar surface area (TPSA) is 0 Å². The van der Waals surface area contributed by atoms with Crippen molar-refractivity contribution in [1.82, 2.24) is 0 Å². The number of fused-ring (bicyclic) bond motifs is 3. The highest BCUT2D eigenvalue weighted by atomic mass is 14.2. The van der Waals surface area contributed by atoms with Crippen molar-refractivity contribution in [1.29, 1.82) is 0 Å². The summed E-state index contributed by atoms with van der Waals surface area (Å²) in [5.74, 6) is 0. The molecular formula is C38H28. The van der Waals surface area contributed by atoms with Crippen LogP contribution in [0.2, 0.25) is 0 Å². The van der Waals surface area contributed by atoms with Crippen LogP contribution in [0, 0.1) is 13.8 Å². The maximum absolute atomic E-state index is 2.34. The zero-order chi connectivity index (χ0) is 25.6. The van der Waals surface area contributed by atoms with E-state index in [0.717, 1.165) is 0 Å². The van der Waals surface area contributed by atoms with Crippen molar-refractivity contribution in [3.8, 4) is 33.4 Å². The lowest BCUT2D eigenvalue weighted by molar-refractivity contribution is 1.43. The minimum absolute atomic E-state index is 1.25. The molecule has 0 N–H and O–H groups in total. The first kappa shape index (κ1) is 22.5. The van der Waals surface area contributed by atoms with Gasteiger partial charge in [-0.25, -0.2) is 0 Å². The summed E-state index contributed by atoms with van der Waals surface area (Å²) in [5.41, 5.74) is 10.3. The number of hydrogen-bond acceptors (Lipinski definition) is 0. The Hall–Kier alpha value is -4.68. The molecule has 0 bridgehead atoms. The van der Waals surface area contributed by atoms with E-state index in [1.54, 1.807) is 0 Å². The van der Waals surface area contributed by atoms with Gasteiger partial charge in [-0.3, -0.25) is 0 Å². The van der Waals surface area contributed by atoms with Crippen molar-refractivity contribution in [2.24, 2.45) is 0 Å². The molecule has 0 fully saturated rings. The van der Waals surface area contributed by atoms with Gasteiger partial charge in [0, 0.05) is 0 Å². The van der Waals surface area contributed by atoms with Gasteiger partial charge in [0.25, 0.3) is 0 Å². The molecule has 0 aromatic heterocycles. The highest BCUT2D eigenvalue weighted by Crippen LogP contribution is 2.37. The summed E-state index contributed by atoms with van der Waals surface area (Å²) in [7, 11) is 0. The van der Waals surface area contributed by atoms with Crippen molar-refractivity contribution in [2.75, 3.05) is 0 Å². The molecule has 0 nitrogen and oxygen atoms in total. The van der Waals surface area contributed by atoms with Crippen molar-refractivity contribution in [3.63, 3.8) is 0 Å². The highest BCUT2D eigenvalue weighted by Gasteiger charge is 2.11. The van der Waals surface area contributed by atoms with Crippen LogP contribution in [0.3, 0.4) is 0 Å². The molecule has 7 aromatic rings. The van der Waals surface area contributed by atoms with Crippen LogP contribution in [0.15, 0.2) is 133 Å². The van der Waals surface area contributed by atoms with Crippen LogP contribution in [0.5, 0.6) is 0 Å². The molecule has 38 heavy (non-hydrogen) atoms. The van der Waals surface area contributed by atoms with E-state index in [1.807, 2.05) is 0 Å². The minimum Gasteiger partial charge on any atom is -0.0620 e. The van der Waals surface area contributed by atoms with Crippen molar-refractivity contribution in [3.05, 3.63) is 145 Å². The Kier molecular flexibility index (Phi) is 5.34. The monoisotopic (exact) mass is 484 g/mol. The second kappa shape index (κ2) is 9.01. The predicted molar refractivity (Wildman–Crippen MR) is 165 cm³/mol. The normalized spacial score (nSPS) is 11.4. The summed E-state index contributed by atoms with van der Waals surface area (Å²) >= 11 is 0. The molecule has 0 heteroatoms. The first-order valence-electron chi connectivity index (χ1n) is 13.3. The number of benzene rings is 7. The summed E-state index contributed by atoms with van der Waals surface area (Å²) in [6.45, 7) is 4.41. The maximum atomic E-state index is 2.34. The van der Waals surface area contributed by atoms with Crippen LogP contribution >= 0.6 is 0 Å². The first-order valence-corrected chi connectivity index (χ1v) is 13.3. The largest absolute Gasteiger partial charge is 0.0620 e. The van der Waals surface area contributed by atoms with Gasteiger partial charge in [-0.1, -0.05) is 115 Å². The van der Waals surface area contributed by atoms with Crippen LogP contribution in [0.1, 0.15) is 11.1 Å². The Morgan fingerprint density at radius 3 is 1.79 bits per heavy atom. The molecule has 0 aliphatic rings. The first-order chi connectivity index (χ1) is 18.7. The van der Waals surface area contributed by atoms with Gasteiger partial charge >= 0.3 is 0 Å². The summed E-state index contributed by atoms with van der Waals surface area (Å²) < 4.78 is 0. The van der Waals surface area contributed by atoms with Crippen molar-refractivity contribution >= 4 is 32.3 Å². The van der Waals surface area contributed by atoms with E-state index in [4.69, 9.17) is 0 Å². The van der Waals surface area contributed by atoms with Gasteiger partial charge in [0.15, 0.2) is 0 Å². The second-order valence-electron chi connectivity index (χ2n) is 10.3. The Bertz CT molecular complexity index is 1990. The van der Waals surface area contributed by atoms with E-state index >= 15 is 0 Å². The number of hydrogen-bond donors (Lipinski definition) is 0. The maximum Gasteiger partial charge on any atom is -0.00735 e. The minimum atomic E-state index is 1.25. The molecule has 0 heterocycles. The average molecular weight is 485 g/mol. The van der Waals surface area contributed by atoms with Crippen LogP contribution in [0.4, 0.5) is 0 Å². The van der Waals surface area contributed by atoms with Gasteiger partial charge < -0.3 is 0 Å². The fourth-order valence-electron chi connectivity index (χ4n) is 5.90. The average Bonchev–Trinajstić information content (AvgIpc) is 2.96. The van der Waals surface area contributed by atoms with Crippen LogP contribution in [-0.4, -0.2) is 0 Å². The molecule has 0 unspecified atom stereocenters. The van der Waals surface area contributed by atoms with Gasteiger partial charge in [-0.05, 0) is 109 Å². The zero-order valence-corrected chi connectivity index (χ0v) is 21.7. The fraction of sp³-hybridized carbons (Fsp3) is 0.0526. The molecule has 0 aliphatic carbocycles. The Balaban J connectivity index is 1.30. The number of aryl methyl sites for hydroxylation is 2. The van der Waals surface area contributed by atoms with E-state index in [9.17, 15) is 0 Å².